The van der Waals surface area contributed by atoms with Gasteiger partial charge in [0.25, 0.3) is 5.91 Å². The first kappa shape index (κ1) is 22.1. The molecule has 0 heterocycles. The van der Waals surface area contributed by atoms with Crippen molar-refractivity contribution in [2.24, 2.45) is 5.73 Å². The molecule has 6 nitrogen and oxygen atoms in total. The van der Waals surface area contributed by atoms with E-state index in [4.69, 9.17) is 5.73 Å². The Morgan fingerprint density at radius 3 is 2.21 bits per heavy atom. The summed E-state index contributed by atoms with van der Waals surface area (Å²) in [4.78, 5) is 35.6. The topological polar surface area (TPSA) is 101 Å². The molecule has 0 aliphatic heterocycles. The van der Waals surface area contributed by atoms with E-state index in [1.807, 2.05) is 12.1 Å². The van der Waals surface area contributed by atoms with Crippen molar-refractivity contribution in [1.82, 2.24) is 5.32 Å². The molecular weight excluding hydrogens is 373 g/mol. The average Bonchev–Trinajstić information content (AvgIpc) is 2.64. The van der Waals surface area contributed by atoms with E-state index in [0.29, 0.717) is 5.56 Å². The number of amides is 3. The summed E-state index contributed by atoms with van der Waals surface area (Å²) >= 11 is 0. The highest BCUT2D eigenvalue weighted by molar-refractivity contribution is 5.97. The number of rotatable bonds is 6. The van der Waals surface area contributed by atoms with Gasteiger partial charge in [-0.1, -0.05) is 32.9 Å². The predicted octanol–water partition coefficient (Wildman–Crippen LogP) is 3.29. The molecule has 7 heteroatoms. The largest absolute Gasteiger partial charge is 0.366 e. The lowest BCUT2D eigenvalue weighted by atomic mass is 9.87. The van der Waals surface area contributed by atoms with Gasteiger partial charge in [-0.3, -0.25) is 14.4 Å². The first-order chi connectivity index (χ1) is 13.5. The fraction of sp³-hybridized carbons (Fsp3) is 0.318. The lowest BCUT2D eigenvalue weighted by molar-refractivity contribution is -0.116. The Hall–Kier alpha value is -3.22. The zero-order chi connectivity index (χ0) is 21.8. The number of primary amides is 1. The van der Waals surface area contributed by atoms with Crippen LogP contribution in [0, 0.1) is 12.7 Å². The Morgan fingerprint density at radius 1 is 1.03 bits per heavy atom. The number of halogens is 1. The van der Waals surface area contributed by atoms with Gasteiger partial charge in [-0.25, -0.2) is 4.39 Å². The molecule has 29 heavy (non-hydrogen) atoms. The average molecular weight is 399 g/mol. The molecule has 4 N–H and O–H groups in total. The summed E-state index contributed by atoms with van der Waals surface area (Å²) in [5, 5.41) is 5.23. The third-order valence-corrected chi connectivity index (χ3v) is 4.55. The number of hydrogen-bond acceptors (Lipinski definition) is 3. The second kappa shape index (κ2) is 8.86. The van der Waals surface area contributed by atoms with Gasteiger partial charge in [0.05, 0.1) is 0 Å². The number of hydrogen-bond donors (Lipinski definition) is 3. The van der Waals surface area contributed by atoms with Gasteiger partial charge in [-0.05, 0) is 42.2 Å². The van der Waals surface area contributed by atoms with E-state index < -0.39 is 17.6 Å². The number of nitrogens with two attached hydrogens (primary N) is 1. The van der Waals surface area contributed by atoms with Crippen LogP contribution in [0.1, 0.15) is 59.0 Å². The quantitative estimate of drug-likeness (QED) is 0.695. The molecule has 154 valence electrons. The number of nitrogens with one attached hydrogen (secondary N) is 2. The molecule has 2 aromatic rings. The van der Waals surface area contributed by atoms with Crippen molar-refractivity contribution in [2.75, 3.05) is 11.9 Å². The summed E-state index contributed by atoms with van der Waals surface area (Å²) in [6.07, 6.45) is -0.00628. The molecule has 0 saturated heterocycles. The summed E-state index contributed by atoms with van der Waals surface area (Å²) in [7, 11) is 0. The molecule has 2 rings (SSSR count). The number of anilines is 1. The molecule has 0 radical (unpaired) electrons. The van der Waals surface area contributed by atoms with E-state index in [0.717, 1.165) is 11.6 Å². The second-order valence-electron chi connectivity index (χ2n) is 7.88. The van der Waals surface area contributed by atoms with Crippen LogP contribution in [-0.4, -0.2) is 24.3 Å². The van der Waals surface area contributed by atoms with E-state index >= 15 is 0 Å². The highest BCUT2D eigenvalue weighted by atomic mass is 19.1. The van der Waals surface area contributed by atoms with Crippen molar-refractivity contribution in [3.63, 3.8) is 0 Å². The zero-order valence-electron chi connectivity index (χ0n) is 17.1. The normalized spacial score (nSPS) is 11.1. The smallest absolute Gasteiger partial charge is 0.251 e. The fourth-order valence-corrected chi connectivity index (χ4v) is 2.68. The second-order valence-corrected chi connectivity index (χ2v) is 7.88. The first-order valence-electron chi connectivity index (χ1n) is 9.27. The van der Waals surface area contributed by atoms with Crippen LogP contribution in [-0.2, 0) is 10.2 Å². The highest BCUT2D eigenvalue weighted by Gasteiger charge is 2.15. The minimum absolute atomic E-state index is 0.00346. The lowest BCUT2D eigenvalue weighted by Crippen LogP contribution is -2.28. The van der Waals surface area contributed by atoms with Crippen molar-refractivity contribution in [3.05, 3.63) is 64.5 Å². The Kier molecular flexibility index (Phi) is 6.74. The van der Waals surface area contributed by atoms with Crippen LogP contribution in [0.4, 0.5) is 10.1 Å². The SMILES string of the molecule is Cc1c(F)cc(C(N)=O)cc1NC(=O)CCNC(=O)c1ccc(C(C)(C)C)cc1. The van der Waals surface area contributed by atoms with Crippen molar-refractivity contribution in [2.45, 2.75) is 39.5 Å². The minimum Gasteiger partial charge on any atom is -0.366 e. The third kappa shape index (κ3) is 5.88. The van der Waals surface area contributed by atoms with Gasteiger partial charge in [-0.15, -0.1) is 0 Å². The zero-order valence-corrected chi connectivity index (χ0v) is 17.1. The van der Waals surface area contributed by atoms with Crippen LogP contribution in [0.15, 0.2) is 36.4 Å². The van der Waals surface area contributed by atoms with Crippen molar-refractivity contribution in [1.29, 1.82) is 0 Å². The molecule has 3 amide bonds. The van der Waals surface area contributed by atoms with Crippen LogP contribution >= 0.6 is 0 Å². The molecule has 0 aliphatic rings. The van der Waals surface area contributed by atoms with Gasteiger partial charge in [0.15, 0.2) is 0 Å². The standard InChI is InChI=1S/C22H26FN3O3/c1-13-17(23)11-15(20(24)28)12-18(13)26-19(27)9-10-25-21(29)14-5-7-16(8-6-14)22(2,3)4/h5-8,11-12H,9-10H2,1-4H3,(H2,24,28)(H,25,29)(H,26,27). The van der Waals surface area contributed by atoms with E-state index in [-0.39, 0.29) is 41.1 Å². The Labute approximate surface area is 169 Å². The lowest BCUT2D eigenvalue weighted by Gasteiger charge is -2.19. The predicted molar refractivity (Wildman–Crippen MR) is 110 cm³/mol. The van der Waals surface area contributed by atoms with Crippen LogP contribution in [0.5, 0.6) is 0 Å². The Balaban J connectivity index is 1.92. The third-order valence-electron chi connectivity index (χ3n) is 4.55. The van der Waals surface area contributed by atoms with E-state index in [2.05, 4.69) is 31.4 Å². The Morgan fingerprint density at radius 2 is 1.66 bits per heavy atom. The summed E-state index contributed by atoms with van der Waals surface area (Å²) in [5.41, 5.74) is 7.13. The van der Waals surface area contributed by atoms with Crippen molar-refractivity contribution in [3.8, 4) is 0 Å². The summed E-state index contributed by atoms with van der Waals surface area (Å²) in [5.74, 6) is -2.12. The molecule has 2 aromatic carbocycles. The van der Waals surface area contributed by atoms with E-state index in [9.17, 15) is 18.8 Å². The van der Waals surface area contributed by atoms with Gasteiger partial charge < -0.3 is 16.4 Å². The summed E-state index contributed by atoms with van der Waals surface area (Å²) in [6, 6.07) is 9.66. The molecule has 0 aliphatic carbocycles. The maximum atomic E-state index is 13.9. The van der Waals surface area contributed by atoms with Gasteiger partial charge in [0.2, 0.25) is 11.8 Å². The molecular formula is C22H26FN3O3. The highest BCUT2D eigenvalue weighted by Crippen LogP contribution is 2.22. The van der Waals surface area contributed by atoms with Crippen LogP contribution < -0.4 is 16.4 Å². The monoisotopic (exact) mass is 399 g/mol. The fourth-order valence-electron chi connectivity index (χ4n) is 2.68. The van der Waals surface area contributed by atoms with Crippen LogP contribution in [0.25, 0.3) is 0 Å². The van der Waals surface area contributed by atoms with Crippen molar-refractivity contribution < 1.29 is 18.8 Å². The van der Waals surface area contributed by atoms with E-state index in [1.165, 1.54) is 13.0 Å². The molecule has 0 fully saturated rings. The van der Waals surface area contributed by atoms with Gasteiger partial charge >= 0.3 is 0 Å². The summed E-state index contributed by atoms with van der Waals surface area (Å²) < 4.78 is 13.9. The maximum Gasteiger partial charge on any atom is 0.251 e. The van der Waals surface area contributed by atoms with Crippen LogP contribution in [0.2, 0.25) is 0 Å². The minimum atomic E-state index is -0.788. The molecule has 0 bridgehead atoms. The Bertz CT molecular complexity index is 932. The van der Waals surface area contributed by atoms with Gasteiger partial charge in [0.1, 0.15) is 5.82 Å². The van der Waals surface area contributed by atoms with Gasteiger partial charge in [-0.2, -0.15) is 0 Å². The molecule has 0 spiro atoms. The first-order valence-corrected chi connectivity index (χ1v) is 9.27. The van der Waals surface area contributed by atoms with Gasteiger partial charge in [0, 0.05) is 35.3 Å². The number of benzene rings is 2. The van der Waals surface area contributed by atoms with Crippen LogP contribution in [0.3, 0.4) is 0 Å². The maximum absolute atomic E-state index is 13.9. The molecule has 0 atom stereocenters. The molecule has 0 unspecified atom stereocenters. The van der Waals surface area contributed by atoms with Crippen molar-refractivity contribution >= 4 is 23.4 Å². The number of carbonyl (C=O) groups is 3. The van der Waals surface area contributed by atoms with E-state index in [1.54, 1.807) is 12.1 Å². The number of carbonyl (C=O) groups excluding carboxylic acids is 3. The summed E-state index contributed by atoms with van der Waals surface area (Å²) in [6.45, 7) is 7.87. The molecule has 0 aromatic heterocycles. The molecule has 0 saturated carbocycles.